The van der Waals surface area contributed by atoms with Gasteiger partial charge >= 0.3 is 0 Å². The molecule has 0 fully saturated rings. The Hall–Kier alpha value is -2.93. The highest BCUT2D eigenvalue weighted by Gasteiger charge is 2.18. The van der Waals surface area contributed by atoms with Crippen LogP contribution in [0, 0.1) is 0 Å². The molecule has 0 saturated carbocycles. The minimum absolute atomic E-state index is 0.0922. The second kappa shape index (κ2) is 5.69. The number of amides is 1. The van der Waals surface area contributed by atoms with Crippen LogP contribution in [0.1, 0.15) is 10.4 Å². The second-order valence-corrected chi connectivity index (χ2v) is 6.53. The summed E-state index contributed by atoms with van der Waals surface area (Å²) in [4.78, 5) is 15.3. The smallest absolute Gasteiger partial charge is 0.264 e. The highest BCUT2D eigenvalue weighted by molar-refractivity contribution is 7.93. The van der Waals surface area contributed by atoms with Crippen LogP contribution in [0.25, 0.3) is 10.9 Å². The van der Waals surface area contributed by atoms with Crippen molar-refractivity contribution in [2.75, 3.05) is 4.72 Å². The fourth-order valence-electron chi connectivity index (χ4n) is 2.21. The molecule has 0 atom stereocenters. The molecule has 23 heavy (non-hydrogen) atoms. The minimum atomic E-state index is -3.80. The fraction of sp³-hybridized carbons (Fsp3) is 0. The van der Waals surface area contributed by atoms with Gasteiger partial charge in [0.2, 0.25) is 5.91 Å². The normalized spacial score (nSPS) is 11.3. The van der Waals surface area contributed by atoms with E-state index in [-0.39, 0.29) is 4.90 Å². The lowest BCUT2D eigenvalue weighted by Gasteiger charge is -2.10. The van der Waals surface area contributed by atoms with E-state index in [0.29, 0.717) is 16.8 Å². The molecule has 2 aromatic carbocycles. The van der Waals surface area contributed by atoms with Crippen LogP contribution in [-0.2, 0) is 10.0 Å². The van der Waals surface area contributed by atoms with Gasteiger partial charge in [0.15, 0.2) is 0 Å². The average Bonchev–Trinajstić information content (AvgIpc) is 2.54. The number of fused-ring (bicyclic) bond motifs is 1. The van der Waals surface area contributed by atoms with Crippen LogP contribution in [0.5, 0.6) is 0 Å². The molecule has 0 bridgehead atoms. The van der Waals surface area contributed by atoms with Crippen molar-refractivity contribution in [2.45, 2.75) is 4.90 Å². The molecular weight excluding hydrogens is 314 g/mol. The number of rotatable bonds is 4. The Balaban J connectivity index is 1.99. The van der Waals surface area contributed by atoms with Gasteiger partial charge in [-0.05, 0) is 36.4 Å². The summed E-state index contributed by atoms with van der Waals surface area (Å²) in [5.74, 6) is -0.572. The van der Waals surface area contributed by atoms with Crippen molar-refractivity contribution >= 4 is 32.5 Å². The van der Waals surface area contributed by atoms with E-state index in [4.69, 9.17) is 5.73 Å². The van der Waals surface area contributed by atoms with Crippen LogP contribution in [-0.4, -0.2) is 19.3 Å². The van der Waals surface area contributed by atoms with Crippen LogP contribution in [0.2, 0.25) is 0 Å². The topological polar surface area (TPSA) is 102 Å². The number of hydrogen-bond acceptors (Lipinski definition) is 4. The molecule has 0 unspecified atom stereocenters. The van der Waals surface area contributed by atoms with Crippen molar-refractivity contribution in [2.24, 2.45) is 5.73 Å². The molecular formula is C16H13N3O3S. The predicted molar refractivity (Wildman–Crippen MR) is 87.5 cm³/mol. The minimum Gasteiger partial charge on any atom is -0.366 e. The number of nitrogens with zero attached hydrogens (tertiary/aromatic N) is 1. The summed E-state index contributed by atoms with van der Waals surface area (Å²) in [7, 11) is -3.80. The van der Waals surface area contributed by atoms with Gasteiger partial charge in [-0.25, -0.2) is 8.42 Å². The van der Waals surface area contributed by atoms with E-state index in [1.807, 2.05) is 0 Å². The largest absolute Gasteiger partial charge is 0.366 e. The molecule has 116 valence electrons. The van der Waals surface area contributed by atoms with E-state index < -0.39 is 15.9 Å². The molecule has 0 aliphatic carbocycles. The monoisotopic (exact) mass is 327 g/mol. The number of aromatic nitrogens is 1. The van der Waals surface area contributed by atoms with E-state index in [2.05, 4.69) is 9.71 Å². The highest BCUT2D eigenvalue weighted by atomic mass is 32.2. The van der Waals surface area contributed by atoms with Crippen molar-refractivity contribution in [3.63, 3.8) is 0 Å². The Morgan fingerprint density at radius 3 is 2.39 bits per heavy atom. The molecule has 3 rings (SSSR count). The lowest BCUT2D eigenvalue weighted by Crippen LogP contribution is -2.14. The first-order valence-corrected chi connectivity index (χ1v) is 8.22. The van der Waals surface area contributed by atoms with E-state index in [1.54, 1.807) is 30.5 Å². The van der Waals surface area contributed by atoms with E-state index >= 15 is 0 Å². The molecule has 7 heteroatoms. The van der Waals surface area contributed by atoms with Crippen molar-refractivity contribution < 1.29 is 13.2 Å². The molecule has 6 nitrogen and oxygen atoms in total. The quantitative estimate of drug-likeness (QED) is 0.766. The van der Waals surface area contributed by atoms with E-state index in [1.165, 1.54) is 30.3 Å². The van der Waals surface area contributed by atoms with Gasteiger partial charge in [0.05, 0.1) is 5.52 Å². The fourth-order valence-corrected chi connectivity index (χ4v) is 3.44. The van der Waals surface area contributed by atoms with Crippen molar-refractivity contribution in [1.82, 2.24) is 4.98 Å². The average molecular weight is 327 g/mol. The third kappa shape index (κ3) is 3.00. The van der Waals surface area contributed by atoms with Crippen LogP contribution < -0.4 is 10.5 Å². The van der Waals surface area contributed by atoms with Crippen LogP contribution in [0.3, 0.4) is 0 Å². The molecule has 1 aromatic heterocycles. The Morgan fingerprint density at radius 1 is 1.00 bits per heavy atom. The molecule has 0 aliphatic rings. The first kappa shape index (κ1) is 15.0. The van der Waals surface area contributed by atoms with Gasteiger partial charge in [-0.15, -0.1) is 0 Å². The number of pyridine rings is 1. The molecule has 0 radical (unpaired) electrons. The molecule has 1 amide bonds. The number of sulfonamides is 1. The zero-order valence-electron chi connectivity index (χ0n) is 11.9. The van der Waals surface area contributed by atoms with Crippen LogP contribution in [0.15, 0.2) is 65.7 Å². The third-order valence-corrected chi connectivity index (χ3v) is 4.72. The molecule has 3 N–H and O–H groups in total. The molecule has 0 aliphatic heterocycles. The number of nitrogens with two attached hydrogens (primary N) is 1. The first-order valence-electron chi connectivity index (χ1n) is 6.74. The summed E-state index contributed by atoms with van der Waals surface area (Å²) in [6.07, 6.45) is 1.54. The van der Waals surface area contributed by atoms with Gasteiger partial charge in [0, 0.05) is 22.8 Å². The Kier molecular flexibility index (Phi) is 3.71. The maximum Gasteiger partial charge on any atom is 0.264 e. The van der Waals surface area contributed by atoms with Crippen molar-refractivity contribution in [3.8, 4) is 0 Å². The number of carbonyl (C=O) groups excluding carboxylic acids is 1. The van der Waals surface area contributed by atoms with E-state index in [9.17, 15) is 13.2 Å². The molecule has 3 aromatic rings. The molecule has 0 spiro atoms. The van der Waals surface area contributed by atoms with Crippen LogP contribution in [0.4, 0.5) is 5.69 Å². The number of para-hydroxylation sites is 1. The number of primary amides is 1. The summed E-state index contributed by atoms with van der Waals surface area (Å²) in [5, 5.41) is 0.736. The zero-order valence-corrected chi connectivity index (χ0v) is 12.7. The highest BCUT2D eigenvalue weighted by Crippen LogP contribution is 2.23. The third-order valence-electron chi connectivity index (χ3n) is 3.31. The van der Waals surface area contributed by atoms with Crippen LogP contribution >= 0.6 is 0 Å². The summed E-state index contributed by atoms with van der Waals surface area (Å²) in [6, 6.07) is 14.4. The van der Waals surface area contributed by atoms with E-state index in [0.717, 1.165) is 5.39 Å². The second-order valence-electron chi connectivity index (χ2n) is 4.88. The number of benzene rings is 2. The number of carbonyl (C=O) groups is 1. The predicted octanol–water partition coefficient (Wildman–Crippen LogP) is 2.13. The van der Waals surface area contributed by atoms with Gasteiger partial charge in [-0.1, -0.05) is 18.2 Å². The number of nitrogens with one attached hydrogen (secondary N) is 1. The molecule has 1 heterocycles. The summed E-state index contributed by atoms with van der Waals surface area (Å²) in [5.41, 5.74) is 6.20. The zero-order chi connectivity index (χ0) is 16.4. The van der Waals surface area contributed by atoms with Crippen molar-refractivity contribution in [3.05, 3.63) is 66.4 Å². The van der Waals surface area contributed by atoms with Gasteiger partial charge < -0.3 is 5.73 Å². The Labute approximate surface area is 133 Å². The number of anilines is 1. The Bertz CT molecular complexity index is 978. The van der Waals surface area contributed by atoms with Gasteiger partial charge in [-0.3, -0.25) is 14.5 Å². The summed E-state index contributed by atoms with van der Waals surface area (Å²) >= 11 is 0. The SMILES string of the molecule is NC(=O)c1ccc(NS(=O)(=O)c2cccc3cccnc23)cc1. The van der Waals surface area contributed by atoms with Gasteiger partial charge in [-0.2, -0.15) is 0 Å². The summed E-state index contributed by atoms with van der Waals surface area (Å²) < 4.78 is 27.7. The first-order chi connectivity index (χ1) is 11.0. The lowest BCUT2D eigenvalue weighted by atomic mass is 10.2. The van der Waals surface area contributed by atoms with Gasteiger partial charge in [0.1, 0.15) is 4.90 Å². The van der Waals surface area contributed by atoms with Gasteiger partial charge in [0.25, 0.3) is 10.0 Å². The standard InChI is InChI=1S/C16H13N3O3S/c17-16(20)12-6-8-13(9-7-12)19-23(21,22)14-5-1-3-11-4-2-10-18-15(11)14/h1-10,19H,(H2,17,20). The molecule has 0 saturated heterocycles. The number of hydrogen-bond donors (Lipinski definition) is 2. The van der Waals surface area contributed by atoms with Crippen molar-refractivity contribution in [1.29, 1.82) is 0 Å². The lowest BCUT2D eigenvalue weighted by molar-refractivity contribution is 0.100. The maximum absolute atomic E-state index is 12.6. The summed E-state index contributed by atoms with van der Waals surface area (Å²) in [6.45, 7) is 0. The maximum atomic E-state index is 12.6. The Morgan fingerprint density at radius 2 is 1.70 bits per heavy atom.